The third kappa shape index (κ3) is 2.88. The van der Waals surface area contributed by atoms with E-state index in [1.165, 1.54) is 20.3 Å². The van der Waals surface area contributed by atoms with Gasteiger partial charge in [-0.1, -0.05) is 36.4 Å². The van der Waals surface area contributed by atoms with Gasteiger partial charge in [0.25, 0.3) is 0 Å². The van der Waals surface area contributed by atoms with E-state index in [2.05, 4.69) is 0 Å². The van der Waals surface area contributed by atoms with E-state index in [9.17, 15) is 14.7 Å². The second kappa shape index (κ2) is 6.88. The van der Waals surface area contributed by atoms with Gasteiger partial charge < -0.3 is 14.6 Å². The number of benzene rings is 3. The number of carbonyl (C=O) groups excluding carboxylic acids is 2. The highest BCUT2D eigenvalue weighted by molar-refractivity contribution is 6.08. The smallest absolute Gasteiger partial charge is 0.338 e. The SMILES string of the molecule is COC(=O)c1cc(O)c(C)c(C(=O)OC)c1-c1ccc2ccccc2c1. The summed E-state index contributed by atoms with van der Waals surface area (Å²) in [6, 6.07) is 14.7. The minimum Gasteiger partial charge on any atom is -0.508 e. The molecule has 0 aromatic heterocycles. The van der Waals surface area contributed by atoms with Gasteiger partial charge in [-0.2, -0.15) is 0 Å². The number of ether oxygens (including phenoxy) is 2. The molecule has 26 heavy (non-hydrogen) atoms. The van der Waals surface area contributed by atoms with Crippen LogP contribution in [-0.4, -0.2) is 31.3 Å². The van der Waals surface area contributed by atoms with Crippen LogP contribution in [0, 0.1) is 6.92 Å². The van der Waals surface area contributed by atoms with Crippen molar-refractivity contribution in [1.29, 1.82) is 0 Å². The zero-order valence-corrected chi connectivity index (χ0v) is 14.7. The molecule has 3 rings (SSSR count). The fourth-order valence-electron chi connectivity index (χ4n) is 3.04. The summed E-state index contributed by atoms with van der Waals surface area (Å²) >= 11 is 0. The summed E-state index contributed by atoms with van der Waals surface area (Å²) < 4.78 is 9.73. The molecule has 0 aliphatic carbocycles. The molecular formula is C21H18O5. The van der Waals surface area contributed by atoms with E-state index in [0.29, 0.717) is 16.7 Å². The standard InChI is InChI=1S/C21H18O5/c1-12-17(22)11-16(20(23)25-2)19(18(12)21(24)26-3)15-9-8-13-6-4-5-7-14(13)10-15/h4-11,22H,1-3H3. The van der Waals surface area contributed by atoms with Crippen LogP contribution in [0.2, 0.25) is 0 Å². The van der Waals surface area contributed by atoms with Crippen molar-refractivity contribution >= 4 is 22.7 Å². The zero-order chi connectivity index (χ0) is 18.8. The maximum Gasteiger partial charge on any atom is 0.338 e. The molecule has 0 saturated heterocycles. The van der Waals surface area contributed by atoms with E-state index in [0.717, 1.165) is 10.8 Å². The molecule has 3 aromatic rings. The molecule has 0 spiro atoms. The van der Waals surface area contributed by atoms with E-state index in [1.807, 2.05) is 42.5 Å². The Morgan fingerprint density at radius 1 is 0.885 bits per heavy atom. The molecular weight excluding hydrogens is 332 g/mol. The summed E-state index contributed by atoms with van der Waals surface area (Å²) in [6.45, 7) is 1.60. The molecule has 5 heteroatoms. The number of hydrogen-bond acceptors (Lipinski definition) is 5. The predicted molar refractivity (Wildman–Crippen MR) is 98.5 cm³/mol. The molecule has 3 aromatic carbocycles. The van der Waals surface area contributed by atoms with Crippen molar-refractivity contribution in [2.24, 2.45) is 0 Å². The monoisotopic (exact) mass is 350 g/mol. The van der Waals surface area contributed by atoms with Gasteiger partial charge in [0.2, 0.25) is 0 Å². The topological polar surface area (TPSA) is 72.8 Å². The fourth-order valence-corrected chi connectivity index (χ4v) is 3.04. The number of methoxy groups -OCH3 is 2. The molecule has 0 radical (unpaired) electrons. The van der Waals surface area contributed by atoms with Crippen LogP contribution >= 0.6 is 0 Å². The molecule has 0 bridgehead atoms. The van der Waals surface area contributed by atoms with E-state index in [1.54, 1.807) is 6.92 Å². The van der Waals surface area contributed by atoms with Crippen molar-refractivity contribution < 1.29 is 24.2 Å². The van der Waals surface area contributed by atoms with Crippen molar-refractivity contribution in [1.82, 2.24) is 0 Å². The number of phenolic OH excluding ortho intramolecular Hbond substituents is 1. The van der Waals surface area contributed by atoms with E-state index in [4.69, 9.17) is 9.47 Å². The highest BCUT2D eigenvalue weighted by Gasteiger charge is 2.26. The van der Waals surface area contributed by atoms with Crippen LogP contribution in [-0.2, 0) is 9.47 Å². The van der Waals surface area contributed by atoms with Crippen molar-refractivity contribution in [2.45, 2.75) is 6.92 Å². The zero-order valence-electron chi connectivity index (χ0n) is 14.7. The van der Waals surface area contributed by atoms with E-state index >= 15 is 0 Å². The van der Waals surface area contributed by atoms with Gasteiger partial charge >= 0.3 is 11.9 Å². The van der Waals surface area contributed by atoms with Gasteiger partial charge in [-0.3, -0.25) is 0 Å². The first-order valence-electron chi connectivity index (χ1n) is 8.00. The summed E-state index contributed by atoms with van der Waals surface area (Å²) in [5.41, 5.74) is 1.62. The molecule has 0 aliphatic rings. The van der Waals surface area contributed by atoms with Gasteiger partial charge in [0.05, 0.1) is 25.3 Å². The molecule has 132 valence electrons. The Kier molecular flexibility index (Phi) is 4.63. The lowest BCUT2D eigenvalue weighted by Crippen LogP contribution is -2.12. The van der Waals surface area contributed by atoms with E-state index < -0.39 is 11.9 Å². The summed E-state index contributed by atoms with van der Waals surface area (Å²) in [6.07, 6.45) is 0. The third-order valence-electron chi connectivity index (χ3n) is 4.39. The first kappa shape index (κ1) is 17.5. The lowest BCUT2D eigenvalue weighted by atomic mass is 9.89. The summed E-state index contributed by atoms with van der Waals surface area (Å²) in [4.78, 5) is 24.7. The van der Waals surface area contributed by atoms with Crippen molar-refractivity contribution in [3.05, 3.63) is 65.2 Å². The lowest BCUT2D eigenvalue weighted by molar-refractivity contribution is 0.0599. The number of rotatable bonds is 3. The highest BCUT2D eigenvalue weighted by Crippen LogP contribution is 2.37. The number of esters is 2. The minimum absolute atomic E-state index is 0.103. The largest absolute Gasteiger partial charge is 0.508 e. The molecule has 5 nitrogen and oxygen atoms in total. The van der Waals surface area contributed by atoms with Gasteiger partial charge in [0.15, 0.2) is 0 Å². The Morgan fingerprint density at radius 2 is 1.54 bits per heavy atom. The Bertz CT molecular complexity index is 1020. The van der Waals surface area contributed by atoms with Crippen LogP contribution < -0.4 is 0 Å². The Morgan fingerprint density at radius 3 is 2.19 bits per heavy atom. The van der Waals surface area contributed by atoms with Crippen LogP contribution in [0.5, 0.6) is 5.75 Å². The van der Waals surface area contributed by atoms with Gasteiger partial charge in [-0.25, -0.2) is 9.59 Å². The molecule has 1 N–H and O–H groups in total. The van der Waals surface area contributed by atoms with Gasteiger partial charge in [-0.05, 0) is 35.4 Å². The summed E-state index contributed by atoms with van der Waals surface area (Å²) in [7, 11) is 2.51. The molecule has 0 saturated carbocycles. The van der Waals surface area contributed by atoms with Gasteiger partial charge in [0, 0.05) is 11.1 Å². The Labute approximate surface area is 150 Å². The average molecular weight is 350 g/mol. The summed E-state index contributed by atoms with van der Waals surface area (Å²) in [5.74, 6) is -1.45. The first-order chi connectivity index (χ1) is 12.5. The number of carbonyl (C=O) groups is 2. The van der Waals surface area contributed by atoms with Crippen molar-refractivity contribution in [2.75, 3.05) is 14.2 Å². The second-order valence-corrected chi connectivity index (χ2v) is 5.86. The number of phenols is 1. The Balaban J connectivity index is 2.40. The lowest BCUT2D eigenvalue weighted by Gasteiger charge is -2.17. The van der Waals surface area contributed by atoms with Crippen LogP contribution in [0.1, 0.15) is 26.3 Å². The molecule has 0 fully saturated rings. The number of hydrogen-bond donors (Lipinski definition) is 1. The summed E-state index contributed by atoms with van der Waals surface area (Å²) in [5, 5.41) is 12.2. The maximum atomic E-state index is 12.4. The van der Waals surface area contributed by atoms with Crippen LogP contribution in [0.25, 0.3) is 21.9 Å². The quantitative estimate of drug-likeness (QED) is 0.720. The Hall–Kier alpha value is -3.34. The van der Waals surface area contributed by atoms with Gasteiger partial charge in [0.1, 0.15) is 5.75 Å². The van der Waals surface area contributed by atoms with Crippen LogP contribution in [0.4, 0.5) is 0 Å². The number of fused-ring (bicyclic) bond motifs is 1. The van der Waals surface area contributed by atoms with Crippen molar-refractivity contribution in [3.8, 4) is 16.9 Å². The second-order valence-electron chi connectivity index (χ2n) is 5.86. The molecule has 0 aliphatic heterocycles. The predicted octanol–water partition coefficient (Wildman–Crippen LogP) is 4.09. The fraction of sp³-hybridized carbons (Fsp3) is 0.143. The normalized spacial score (nSPS) is 10.6. The highest BCUT2D eigenvalue weighted by atomic mass is 16.5. The van der Waals surface area contributed by atoms with Crippen molar-refractivity contribution in [3.63, 3.8) is 0 Å². The maximum absolute atomic E-state index is 12.4. The molecule has 0 atom stereocenters. The minimum atomic E-state index is -0.645. The number of aromatic hydroxyl groups is 1. The van der Waals surface area contributed by atoms with Crippen LogP contribution in [0.3, 0.4) is 0 Å². The van der Waals surface area contributed by atoms with E-state index in [-0.39, 0.29) is 16.9 Å². The van der Waals surface area contributed by atoms with Gasteiger partial charge in [-0.15, -0.1) is 0 Å². The third-order valence-corrected chi connectivity index (χ3v) is 4.39. The molecule has 0 unspecified atom stereocenters. The average Bonchev–Trinajstić information content (AvgIpc) is 2.67. The molecule has 0 heterocycles. The first-order valence-corrected chi connectivity index (χ1v) is 8.00. The van der Waals surface area contributed by atoms with Crippen LogP contribution in [0.15, 0.2) is 48.5 Å². The molecule has 0 amide bonds.